The van der Waals surface area contributed by atoms with Crippen LogP contribution in [0.15, 0.2) is 42.5 Å². The standard InChI is InChI=1S/C22H20F3IN2O2/c23-22(24,25)19-12-18(10-9-14(19)13-27)28-20(29)21(30,15-5-2-1-3-6-15)16-7-4-8-17(26)11-16/h4,7-12,15,30H,1-3,5-6H2,(H,28,29). The van der Waals surface area contributed by atoms with Crippen molar-refractivity contribution in [1.29, 1.82) is 5.26 Å². The summed E-state index contributed by atoms with van der Waals surface area (Å²) in [6.07, 6.45) is -0.669. The van der Waals surface area contributed by atoms with E-state index in [4.69, 9.17) is 5.26 Å². The average molecular weight is 528 g/mol. The fourth-order valence-corrected chi connectivity index (χ4v) is 4.52. The maximum Gasteiger partial charge on any atom is 0.417 e. The number of nitriles is 1. The van der Waals surface area contributed by atoms with E-state index in [2.05, 4.69) is 27.9 Å². The van der Waals surface area contributed by atoms with E-state index in [1.54, 1.807) is 18.2 Å². The quantitative estimate of drug-likeness (QED) is 0.509. The zero-order valence-electron chi connectivity index (χ0n) is 16.0. The Labute approximate surface area is 186 Å². The Morgan fingerprint density at radius 1 is 1.13 bits per heavy atom. The van der Waals surface area contributed by atoms with E-state index in [0.717, 1.165) is 35.0 Å². The van der Waals surface area contributed by atoms with Gasteiger partial charge in [0.25, 0.3) is 5.91 Å². The van der Waals surface area contributed by atoms with Crippen molar-refractivity contribution in [2.45, 2.75) is 43.9 Å². The smallest absolute Gasteiger partial charge is 0.375 e. The van der Waals surface area contributed by atoms with Gasteiger partial charge in [-0.25, -0.2) is 0 Å². The first-order valence-corrected chi connectivity index (χ1v) is 10.7. The van der Waals surface area contributed by atoms with Crippen LogP contribution in [0.1, 0.15) is 48.8 Å². The Morgan fingerprint density at radius 2 is 1.83 bits per heavy atom. The molecule has 4 nitrogen and oxygen atoms in total. The van der Waals surface area contributed by atoms with Crippen molar-refractivity contribution in [2.24, 2.45) is 5.92 Å². The Hall–Kier alpha value is -2.12. The molecule has 1 unspecified atom stereocenters. The van der Waals surface area contributed by atoms with E-state index in [1.807, 2.05) is 6.07 Å². The van der Waals surface area contributed by atoms with Gasteiger partial charge in [-0.15, -0.1) is 0 Å². The van der Waals surface area contributed by atoms with Crippen LogP contribution < -0.4 is 5.32 Å². The highest BCUT2D eigenvalue weighted by Gasteiger charge is 2.46. The van der Waals surface area contributed by atoms with Gasteiger partial charge in [0.1, 0.15) is 0 Å². The summed E-state index contributed by atoms with van der Waals surface area (Å²) in [6, 6.07) is 11.4. The number of hydrogen-bond donors (Lipinski definition) is 2. The number of halogens is 4. The molecule has 1 aliphatic carbocycles. The molecule has 2 N–H and O–H groups in total. The minimum atomic E-state index is -4.74. The molecule has 0 spiro atoms. The van der Waals surface area contributed by atoms with Gasteiger partial charge >= 0.3 is 6.18 Å². The van der Waals surface area contributed by atoms with Crippen molar-refractivity contribution in [2.75, 3.05) is 5.32 Å². The minimum Gasteiger partial charge on any atom is -0.375 e. The molecule has 1 atom stereocenters. The highest BCUT2D eigenvalue weighted by atomic mass is 127. The summed E-state index contributed by atoms with van der Waals surface area (Å²) in [6.45, 7) is 0. The van der Waals surface area contributed by atoms with Gasteiger partial charge in [0.15, 0.2) is 5.60 Å². The number of anilines is 1. The topological polar surface area (TPSA) is 73.1 Å². The fraction of sp³-hybridized carbons (Fsp3) is 0.364. The summed E-state index contributed by atoms with van der Waals surface area (Å²) >= 11 is 2.09. The normalized spacial score (nSPS) is 17.1. The molecule has 0 saturated heterocycles. The third kappa shape index (κ3) is 4.62. The van der Waals surface area contributed by atoms with Gasteiger partial charge in [-0.05, 0) is 71.3 Å². The zero-order chi connectivity index (χ0) is 21.9. The lowest BCUT2D eigenvalue weighted by Crippen LogP contribution is -2.47. The monoisotopic (exact) mass is 528 g/mol. The van der Waals surface area contributed by atoms with Gasteiger partial charge in [-0.2, -0.15) is 18.4 Å². The van der Waals surface area contributed by atoms with Crippen LogP contribution in [0.2, 0.25) is 0 Å². The number of rotatable bonds is 4. The van der Waals surface area contributed by atoms with E-state index in [1.165, 1.54) is 12.1 Å². The molecular weight excluding hydrogens is 508 g/mol. The number of amides is 1. The predicted molar refractivity (Wildman–Crippen MR) is 114 cm³/mol. The van der Waals surface area contributed by atoms with Crippen LogP contribution in [-0.4, -0.2) is 11.0 Å². The Bertz CT molecular complexity index is 981. The maximum atomic E-state index is 13.3. The predicted octanol–water partition coefficient (Wildman–Crippen LogP) is 5.59. The average Bonchev–Trinajstić information content (AvgIpc) is 2.73. The lowest BCUT2D eigenvalue weighted by molar-refractivity contribution is -0.143. The van der Waals surface area contributed by atoms with Gasteiger partial charge in [-0.3, -0.25) is 4.79 Å². The summed E-state index contributed by atoms with van der Waals surface area (Å²) in [5.74, 6) is -1.11. The summed E-state index contributed by atoms with van der Waals surface area (Å²) < 4.78 is 40.7. The second-order valence-electron chi connectivity index (χ2n) is 7.44. The van der Waals surface area contributed by atoms with Crippen molar-refractivity contribution in [3.05, 3.63) is 62.7 Å². The first-order valence-electron chi connectivity index (χ1n) is 9.57. The number of alkyl halides is 3. The molecule has 0 bridgehead atoms. The van der Waals surface area contributed by atoms with Crippen molar-refractivity contribution >= 4 is 34.2 Å². The third-order valence-electron chi connectivity index (χ3n) is 5.51. The van der Waals surface area contributed by atoms with Crippen LogP contribution in [0.25, 0.3) is 0 Å². The number of nitrogens with zero attached hydrogens (tertiary/aromatic N) is 1. The van der Waals surface area contributed by atoms with E-state index in [-0.39, 0.29) is 11.6 Å². The molecule has 1 amide bonds. The van der Waals surface area contributed by atoms with Crippen LogP contribution in [0, 0.1) is 20.8 Å². The van der Waals surface area contributed by atoms with Crippen LogP contribution in [0.3, 0.4) is 0 Å². The Kier molecular flexibility index (Phi) is 6.72. The Morgan fingerprint density at radius 3 is 2.43 bits per heavy atom. The lowest BCUT2D eigenvalue weighted by Gasteiger charge is -2.37. The molecule has 0 heterocycles. The van der Waals surface area contributed by atoms with Crippen LogP contribution in [0.4, 0.5) is 18.9 Å². The van der Waals surface area contributed by atoms with E-state index in [9.17, 15) is 23.1 Å². The molecule has 0 radical (unpaired) electrons. The van der Waals surface area contributed by atoms with E-state index >= 15 is 0 Å². The van der Waals surface area contributed by atoms with Gasteiger partial charge in [-0.1, -0.05) is 31.4 Å². The molecule has 0 aromatic heterocycles. The van der Waals surface area contributed by atoms with E-state index in [0.29, 0.717) is 18.4 Å². The second kappa shape index (κ2) is 8.94. The SMILES string of the molecule is N#Cc1ccc(NC(=O)C(O)(c2cccc(I)c2)C2CCCCC2)cc1C(F)(F)F. The molecular formula is C22H20F3IN2O2. The van der Waals surface area contributed by atoms with Gasteiger partial charge in [0.05, 0.1) is 17.2 Å². The third-order valence-corrected chi connectivity index (χ3v) is 6.18. The zero-order valence-corrected chi connectivity index (χ0v) is 18.1. The largest absolute Gasteiger partial charge is 0.417 e. The number of benzene rings is 2. The fourth-order valence-electron chi connectivity index (χ4n) is 3.98. The van der Waals surface area contributed by atoms with Crippen LogP contribution in [-0.2, 0) is 16.6 Å². The van der Waals surface area contributed by atoms with Gasteiger partial charge in [0, 0.05) is 15.2 Å². The lowest BCUT2D eigenvalue weighted by atomic mass is 9.72. The molecule has 1 aliphatic rings. The van der Waals surface area contributed by atoms with Crippen molar-refractivity contribution in [3.8, 4) is 6.07 Å². The van der Waals surface area contributed by atoms with Crippen molar-refractivity contribution in [1.82, 2.24) is 0 Å². The highest BCUT2D eigenvalue weighted by molar-refractivity contribution is 14.1. The second-order valence-corrected chi connectivity index (χ2v) is 8.68. The number of carbonyl (C=O) groups excluding carboxylic acids is 1. The first-order chi connectivity index (χ1) is 14.2. The van der Waals surface area contributed by atoms with E-state index < -0.39 is 28.8 Å². The molecule has 2 aromatic rings. The number of aliphatic hydroxyl groups is 1. The molecule has 0 aliphatic heterocycles. The molecule has 1 fully saturated rings. The summed E-state index contributed by atoms with van der Waals surface area (Å²) in [5.41, 5.74) is -3.22. The molecule has 2 aromatic carbocycles. The van der Waals surface area contributed by atoms with Crippen LogP contribution in [0.5, 0.6) is 0 Å². The number of hydrogen-bond acceptors (Lipinski definition) is 3. The summed E-state index contributed by atoms with van der Waals surface area (Å²) in [4.78, 5) is 13.3. The molecule has 3 rings (SSSR count). The molecule has 8 heteroatoms. The molecule has 30 heavy (non-hydrogen) atoms. The van der Waals surface area contributed by atoms with Crippen LogP contribution >= 0.6 is 22.6 Å². The maximum absolute atomic E-state index is 13.3. The van der Waals surface area contributed by atoms with Crippen molar-refractivity contribution < 1.29 is 23.1 Å². The summed E-state index contributed by atoms with van der Waals surface area (Å²) in [5, 5.41) is 23.0. The molecule has 158 valence electrons. The minimum absolute atomic E-state index is 0.119. The highest BCUT2D eigenvalue weighted by Crippen LogP contribution is 2.41. The Balaban J connectivity index is 1.99. The number of carbonyl (C=O) groups is 1. The summed E-state index contributed by atoms with van der Waals surface area (Å²) in [7, 11) is 0. The molecule has 1 saturated carbocycles. The van der Waals surface area contributed by atoms with Gasteiger partial charge < -0.3 is 10.4 Å². The number of nitrogens with one attached hydrogen (secondary N) is 1. The first kappa shape index (κ1) is 22.6. The van der Waals surface area contributed by atoms with Crippen molar-refractivity contribution in [3.63, 3.8) is 0 Å². The van der Waals surface area contributed by atoms with Gasteiger partial charge in [0.2, 0.25) is 0 Å².